The number of unbranched alkanes of at least 4 members (excludes halogenated alkanes) is 1. The van der Waals surface area contributed by atoms with Gasteiger partial charge in [-0.05, 0) is 84.8 Å². The van der Waals surface area contributed by atoms with E-state index < -0.39 is 30.0 Å². The van der Waals surface area contributed by atoms with Crippen molar-refractivity contribution in [3.63, 3.8) is 0 Å². The van der Waals surface area contributed by atoms with Gasteiger partial charge in [0.15, 0.2) is 0 Å². The van der Waals surface area contributed by atoms with E-state index in [0.717, 1.165) is 76.6 Å². The fraction of sp³-hybridized carbons (Fsp3) is 0.676. The Morgan fingerprint density at radius 3 is 2.55 bits per heavy atom. The lowest BCUT2D eigenvalue weighted by Crippen LogP contribution is -2.48. The molecule has 0 aromatic heterocycles. The third-order valence-electron chi connectivity index (χ3n) is 10.2. The van der Waals surface area contributed by atoms with Crippen molar-refractivity contribution in [2.24, 2.45) is 23.2 Å². The fourth-order valence-electron chi connectivity index (χ4n) is 7.86. The van der Waals surface area contributed by atoms with Crippen LogP contribution in [0.5, 0.6) is 0 Å². The normalized spacial score (nSPS) is 26.0. The van der Waals surface area contributed by atoms with Gasteiger partial charge in [0.2, 0.25) is 11.8 Å². The van der Waals surface area contributed by atoms with Crippen molar-refractivity contribution < 1.29 is 32.2 Å². The average Bonchev–Trinajstić information content (AvgIpc) is 3.35. The first kappa shape index (κ1) is 37.0. The molecule has 3 aliphatic carbocycles. The largest absolute Gasteiger partial charge is 0.497 e. The van der Waals surface area contributed by atoms with Crippen molar-refractivity contribution in [1.82, 2.24) is 15.5 Å². The SMILES string of the molecule is CCOC/C=C\C=C(\OCC)C(C)C(=O)NC1CCN(CCCCC2(C(=O)NCC(F)(F)F)C3=C(CCCC3)C3C=CC=CC32)CC1. The number of hydrogen-bond donors (Lipinski definition) is 2. The third-order valence-corrected chi connectivity index (χ3v) is 10.2. The zero-order chi connectivity index (χ0) is 33.9. The van der Waals surface area contributed by atoms with Gasteiger partial charge in [0.05, 0.1) is 24.5 Å². The van der Waals surface area contributed by atoms with Crippen molar-refractivity contribution in [2.45, 2.75) is 90.8 Å². The predicted molar refractivity (Wildman–Crippen MR) is 178 cm³/mol. The van der Waals surface area contributed by atoms with Gasteiger partial charge in [0.25, 0.3) is 0 Å². The minimum Gasteiger partial charge on any atom is -0.497 e. The maximum Gasteiger partial charge on any atom is 0.405 e. The zero-order valence-electron chi connectivity index (χ0n) is 28.4. The molecule has 47 heavy (non-hydrogen) atoms. The highest BCUT2D eigenvalue weighted by Gasteiger charge is 2.56. The van der Waals surface area contributed by atoms with Gasteiger partial charge in [-0.25, -0.2) is 0 Å². The van der Waals surface area contributed by atoms with Crippen LogP contribution in [-0.4, -0.2) is 74.9 Å². The summed E-state index contributed by atoms with van der Waals surface area (Å²) >= 11 is 0. The highest BCUT2D eigenvalue weighted by molar-refractivity contribution is 5.88. The molecule has 0 aromatic carbocycles. The molecule has 1 fully saturated rings. The Balaban J connectivity index is 1.29. The standard InChI is InChI=1S/C37H54F3N3O4/c1-4-46-25-13-10-18-33(47-5-2)27(3)34(44)42-28-19-23-43(24-20-28)22-12-11-21-36(35(45)41-26-37(38,39)40)31-16-8-6-14-29(31)30-15-7-9-17-32(30)36/h6,8,10,13-14,16,18,27-29,31H,4-5,7,9,11-12,15,17,19-26H2,1-3H3,(H,41,45)(H,42,44)/b13-10-,33-18+. The molecular weight excluding hydrogens is 607 g/mol. The molecule has 2 amide bonds. The molecule has 7 nitrogen and oxygen atoms in total. The third kappa shape index (κ3) is 9.62. The topological polar surface area (TPSA) is 79.9 Å². The van der Waals surface area contributed by atoms with E-state index in [1.54, 1.807) is 0 Å². The molecule has 262 valence electrons. The van der Waals surface area contributed by atoms with Gasteiger partial charge in [0, 0.05) is 37.6 Å². The van der Waals surface area contributed by atoms with E-state index >= 15 is 0 Å². The van der Waals surface area contributed by atoms with Crippen LogP contribution in [0.25, 0.3) is 0 Å². The molecule has 0 saturated carbocycles. The van der Waals surface area contributed by atoms with E-state index in [0.29, 0.717) is 32.0 Å². The molecule has 1 aliphatic heterocycles. The summed E-state index contributed by atoms with van der Waals surface area (Å²) in [4.78, 5) is 29.3. The van der Waals surface area contributed by atoms with Crippen LogP contribution in [-0.2, 0) is 19.1 Å². The summed E-state index contributed by atoms with van der Waals surface area (Å²) in [6.45, 7) is 8.62. The molecule has 0 spiro atoms. The van der Waals surface area contributed by atoms with Crippen molar-refractivity contribution in [1.29, 1.82) is 0 Å². The predicted octanol–water partition coefficient (Wildman–Crippen LogP) is 6.79. The molecule has 4 unspecified atom stereocenters. The second-order valence-corrected chi connectivity index (χ2v) is 13.2. The summed E-state index contributed by atoms with van der Waals surface area (Å²) in [6, 6.07) is 0.0939. The monoisotopic (exact) mass is 661 g/mol. The van der Waals surface area contributed by atoms with E-state index in [-0.39, 0.29) is 23.8 Å². The lowest BCUT2D eigenvalue weighted by Gasteiger charge is -2.39. The molecule has 1 saturated heterocycles. The number of ether oxygens (including phenoxy) is 2. The van der Waals surface area contributed by atoms with E-state index in [1.165, 1.54) is 5.57 Å². The molecule has 0 aromatic rings. The summed E-state index contributed by atoms with van der Waals surface area (Å²) in [5.41, 5.74) is 1.46. The molecule has 0 bridgehead atoms. The fourth-order valence-corrected chi connectivity index (χ4v) is 7.86. The number of rotatable bonds is 16. The number of amides is 2. The summed E-state index contributed by atoms with van der Waals surface area (Å²) in [7, 11) is 0. The van der Waals surface area contributed by atoms with Crippen LogP contribution in [0.3, 0.4) is 0 Å². The number of likely N-dealkylation sites (tertiary alicyclic amines) is 1. The average molecular weight is 662 g/mol. The quantitative estimate of drug-likeness (QED) is 0.0824. The Kier molecular flexibility index (Phi) is 13.8. The second-order valence-electron chi connectivity index (χ2n) is 13.2. The number of fused-ring (bicyclic) bond motifs is 2. The van der Waals surface area contributed by atoms with Crippen molar-refractivity contribution in [2.75, 3.05) is 46.0 Å². The van der Waals surface area contributed by atoms with Crippen LogP contribution in [0, 0.1) is 23.2 Å². The molecule has 4 aliphatic rings. The number of alkyl halides is 3. The summed E-state index contributed by atoms with van der Waals surface area (Å²) in [6.07, 6.45) is 16.9. The van der Waals surface area contributed by atoms with Crippen LogP contribution in [0.4, 0.5) is 13.2 Å². The van der Waals surface area contributed by atoms with Crippen LogP contribution in [0.15, 0.2) is 59.4 Å². The summed E-state index contributed by atoms with van der Waals surface area (Å²) in [5.74, 6) is -0.324. The number of nitrogens with one attached hydrogen (secondary N) is 2. The number of halogens is 3. The maximum atomic E-state index is 13.8. The minimum atomic E-state index is -4.45. The Hall–Kier alpha value is -2.85. The number of nitrogens with zero attached hydrogens (tertiary/aromatic N) is 1. The molecule has 0 radical (unpaired) electrons. The second kappa shape index (κ2) is 17.5. The highest BCUT2D eigenvalue weighted by atomic mass is 19.4. The van der Waals surface area contributed by atoms with Crippen LogP contribution in [0.1, 0.15) is 78.6 Å². The molecule has 4 rings (SSSR count). The van der Waals surface area contributed by atoms with E-state index in [4.69, 9.17) is 9.47 Å². The molecular formula is C37H54F3N3O4. The first-order valence-electron chi connectivity index (χ1n) is 17.6. The number of carbonyl (C=O) groups excluding carboxylic acids is 2. The van der Waals surface area contributed by atoms with Crippen LogP contribution in [0.2, 0.25) is 0 Å². The van der Waals surface area contributed by atoms with Crippen molar-refractivity contribution >= 4 is 11.8 Å². The number of allylic oxidation sites excluding steroid dienone is 7. The van der Waals surface area contributed by atoms with Gasteiger partial charge in [0.1, 0.15) is 12.3 Å². The van der Waals surface area contributed by atoms with Gasteiger partial charge >= 0.3 is 6.18 Å². The van der Waals surface area contributed by atoms with Gasteiger partial charge in [-0.15, -0.1) is 0 Å². The number of carbonyl (C=O) groups is 2. The summed E-state index contributed by atoms with van der Waals surface area (Å²) < 4.78 is 50.7. The Morgan fingerprint density at radius 1 is 1.09 bits per heavy atom. The van der Waals surface area contributed by atoms with E-state index in [2.05, 4.69) is 27.7 Å². The smallest absolute Gasteiger partial charge is 0.405 e. The molecule has 2 N–H and O–H groups in total. The van der Waals surface area contributed by atoms with Gasteiger partial charge in [-0.3, -0.25) is 9.59 Å². The Bertz CT molecular complexity index is 1220. The summed E-state index contributed by atoms with van der Waals surface area (Å²) in [5, 5.41) is 5.51. The van der Waals surface area contributed by atoms with Gasteiger partial charge in [-0.2, -0.15) is 13.2 Å². The highest BCUT2D eigenvalue weighted by Crippen LogP contribution is 2.59. The first-order valence-corrected chi connectivity index (χ1v) is 17.6. The van der Waals surface area contributed by atoms with E-state index in [1.807, 2.05) is 51.2 Å². The molecule has 10 heteroatoms. The lowest BCUT2D eigenvalue weighted by molar-refractivity contribution is -0.145. The maximum absolute atomic E-state index is 13.8. The van der Waals surface area contributed by atoms with Crippen molar-refractivity contribution in [3.05, 3.63) is 59.4 Å². The zero-order valence-corrected chi connectivity index (χ0v) is 28.4. The van der Waals surface area contributed by atoms with Crippen LogP contribution < -0.4 is 10.6 Å². The number of piperidine rings is 1. The minimum absolute atomic E-state index is 0.0479. The first-order chi connectivity index (χ1) is 22.6. The van der Waals surface area contributed by atoms with Gasteiger partial charge in [-0.1, -0.05) is 54.0 Å². The van der Waals surface area contributed by atoms with Crippen molar-refractivity contribution in [3.8, 4) is 0 Å². The molecule has 4 atom stereocenters. The van der Waals surface area contributed by atoms with Gasteiger partial charge < -0.3 is 25.0 Å². The van der Waals surface area contributed by atoms with Crippen LogP contribution >= 0.6 is 0 Å². The van der Waals surface area contributed by atoms with E-state index in [9.17, 15) is 22.8 Å². The Morgan fingerprint density at radius 2 is 1.83 bits per heavy atom. The lowest BCUT2D eigenvalue weighted by atomic mass is 9.65. The number of hydrogen-bond acceptors (Lipinski definition) is 5. The Labute approximate surface area is 278 Å². The molecule has 1 heterocycles.